The van der Waals surface area contributed by atoms with Gasteiger partial charge >= 0.3 is 0 Å². The highest BCUT2D eigenvalue weighted by atomic mass is 32.2. The van der Waals surface area contributed by atoms with Crippen LogP contribution in [0.1, 0.15) is 19.8 Å². The number of rotatable bonds is 8. The molecular weight excluding hydrogens is 364 g/mol. The fourth-order valence-corrected chi connectivity index (χ4v) is 4.45. The van der Waals surface area contributed by atoms with E-state index in [1.807, 2.05) is 0 Å². The number of nitrogens with one attached hydrogen (secondary N) is 2. The predicted molar refractivity (Wildman–Crippen MR) is 96.6 cm³/mol. The Morgan fingerprint density at radius 1 is 1.40 bits per heavy atom. The summed E-state index contributed by atoms with van der Waals surface area (Å²) in [7, 11) is -2.02. The smallest absolute Gasteiger partial charge is 0.237 e. The fourth-order valence-electron chi connectivity index (χ4n) is 2.26. The van der Waals surface area contributed by atoms with E-state index in [1.165, 1.54) is 23.9 Å². The van der Waals surface area contributed by atoms with Gasteiger partial charge in [-0.2, -0.15) is 0 Å². The zero-order chi connectivity index (χ0) is 18.4. The standard InChI is InChI=1S/C16H22N2O5S2/c1-11-16(20)18-13-10-12(4-5-14(13)24-11)25(21,22)9-6-15(19)17-7-3-8-23-2/h4-5,10-11H,3,6-9H2,1-2H3,(H,17,19)(H,18,20)/t11-/m1/s1. The quantitative estimate of drug-likeness (QED) is 0.656. The van der Waals surface area contributed by atoms with Crippen LogP contribution in [0.4, 0.5) is 5.69 Å². The van der Waals surface area contributed by atoms with Gasteiger partial charge in [-0.25, -0.2) is 8.42 Å². The van der Waals surface area contributed by atoms with E-state index in [0.29, 0.717) is 25.3 Å². The highest BCUT2D eigenvalue weighted by Crippen LogP contribution is 2.36. The number of thioether (sulfide) groups is 1. The van der Waals surface area contributed by atoms with Crippen LogP contribution in [0.3, 0.4) is 0 Å². The van der Waals surface area contributed by atoms with Crippen LogP contribution in [-0.4, -0.2) is 51.5 Å². The van der Waals surface area contributed by atoms with Gasteiger partial charge in [-0.1, -0.05) is 0 Å². The van der Waals surface area contributed by atoms with E-state index in [0.717, 1.165) is 4.90 Å². The van der Waals surface area contributed by atoms with E-state index in [9.17, 15) is 18.0 Å². The summed E-state index contributed by atoms with van der Waals surface area (Å²) in [5.74, 6) is -0.739. The minimum atomic E-state index is -3.60. The number of carbonyl (C=O) groups is 2. The Hall–Kier alpha value is -1.58. The molecule has 1 aliphatic rings. The Morgan fingerprint density at radius 3 is 2.88 bits per heavy atom. The largest absolute Gasteiger partial charge is 0.385 e. The summed E-state index contributed by atoms with van der Waals surface area (Å²) in [6.07, 6.45) is 0.570. The normalized spacial score (nSPS) is 16.9. The van der Waals surface area contributed by atoms with Crippen molar-refractivity contribution in [1.29, 1.82) is 0 Å². The lowest BCUT2D eigenvalue weighted by atomic mass is 10.3. The Morgan fingerprint density at radius 2 is 2.16 bits per heavy atom. The first-order chi connectivity index (χ1) is 11.8. The van der Waals surface area contributed by atoms with Crippen LogP contribution in [0.25, 0.3) is 0 Å². The number of hydrogen-bond acceptors (Lipinski definition) is 6. The highest BCUT2D eigenvalue weighted by Gasteiger charge is 2.25. The van der Waals surface area contributed by atoms with Gasteiger partial charge < -0.3 is 15.4 Å². The molecule has 0 aliphatic carbocycles. The molecule has 1 aromatic rings. The number of carbonyl (C=O) groups excluding carboxylic acids is 2. The molecule has 0 saturated heterocycles. The van der Waals surface area contributed by atoms with Crippen molar-refractivity contribution in [2.45, 2.75) is 34.8 Å². The molecule has 1 heterocycles. The minimum absolute atomic E-state index is 0.105. The van der Waals surface area contributed by atoms with Crippen LogP contribution in [0.15, 0.2) is 28.0 Å². The summed E-state index contributed by atoms with van der Waals surface area (Å²) in [5, 5.41) is 5.16. The van der Waals surface area contributed by atoms with Gasteiger partial charge in [0.25, 0.3) is 0 Å². The molecule has 2 rings (SSSR count). The molecule has 7 nitrogen and oxygen atoms in total. The summed E-state index contributed by atoms with van der Waals surface area (Å²) in [5.41, 5.74) is 0.498. The molecule has 2 N–H and O–H groups in total. The van der Waals surface area contributed by atoms with E-state index < -0.39 is 9.84 Å². The molecule has 0 radical (unpaired) electrons. The number of fused-ring (bicyclic) bond motifs is 1. The van der Waals surface area contributed by atoms with Crippen LogP contribution < -0.4 is 10.6 Å². The predicted octanol–water partition coefficient (Wildman–Crippen LogP) is 1.44. The topological polar surface area (TPSA) is 102 Å². The summed E-state index contributed by atoms with van der Waals surface area (Å²) >= 11 is 1.39. The molecule has 2 amide bonds. The van der Waals surface area contributed by atoms with Gasteiger partial charge in [0.1, 0.15) is 0 Å². The number of hydrogen-bond donors (Lipinski definition) is 2. The third-order valence-corrected chi connectivity index (χ3v) is 6.58. The summed E-state index contributed by atoms with van der Waals surface area (Å²) in [6, 6.07) is 4.66. The molecule has 0 bridgehead atoms. The molecule has 138 valence electrons. The molecule has 0 spiro atoms. The fraction of sp³-hybridized carbons (Fsp3) is 0.500. The first-order valence-corrected chi connectivity index (χ1v) is 10.5. The van der Waals surface area contributed by atoms with Crippen LogP contribution in [0.5, 0.6) is 0 Å². The Bertz CT molecular complexity index is 749. The van der Waals surface area contributed by atoms with Gasteiger partial charge in [0, 0.05) is 31.6 Å². The van der Waals surface area contributed by atoms with Crippen molar-refractivity contribution in [1.82, 2.24) is 5.32 Å². The summed E-state index contributed by atoms with van der Waals surface area (Å²) in [6.45, 7) is 2.78. The van der Waals surface area contributed by atoms with E-state index in [-0.39, 0.29) is 34.1 Å². The van der Waals surface area contributed by atoms with Crippen LogP contribution in [0, 0.1) is 0 Å². The van der Waals surface area contributed by atoms with Crippen molar-refractivity contribution in [3.8, 4) is 0 Å². The number of methoxy groups -OCH3 is 1. The number of benzene rings is 1. The van der Waals surface area contributed by atoms with E-state index >= 15 is 0 Å². The van der Waals surface area contributed by atoms with Gasteiger partial charge in [-0.3, -0.25) is 9.59 Å². The Labute approximate surface area is 151 Å². The molecule has 0 fully saturated rings. The van der Waals surface area contributed by atoms with Crippen LogP contribution in [0.2, 0.25) is 0 Å². The second-order valence-corrected chi connectivity index (χ2v) is 9.16. The Kier molecular flexibility index (Phi) is 6.86. The first kappa shape index (κ1) is 19.7. The minimum Gasteiger partial charge on any atom is -0.385 e. The van der Waals surface area contributed by atoms with Gasteiger partial charge in [0.2, 0.25) is 11.8 Å². The van der Waals surface area contributed by atoms with Gasteiger partial charge in [-0.15, -0.1) is 11.8 Å². The van der Waals surface area contributed by atoms with Gasteiger partial charge in [0.15, 0.2) is 9.84 Å². The number of anilines is 1. The maximum absolute atomic E-state index is 12.4. The molecule has 1 aliphatic heterocycles. The lowest BCUT2D eigenvalue weighted by Gasteiger charge is -2.21. The maximum Gasteiger partial charge on any atom is 0.237 e. The highest BCUT2D eigenvalue weighted by molar-refractivity contribution is 8.01. The van der Waals surface area contributed by atoms with Crippen molar-refractivity contribution in [3.05, 3.63) is 18.2 Å². The number of sulfone groups is 1. The van der Waals surface area contributed by atoms with Crippen molar-refractivity contribution in [2.24, 2.45) is 0 Å². The second kappa shape index (κ2) is 8.68. The van der Waals surface area contributed by atoms with E-state index in [4.69, 9.17) is 4.74 Å². The van der Waals surface area contributed by atoms with Crippen molar-refractivity contribution < 1.29 is 22.7 Å². The molecule has 1 aromatic carbocycles. The lowest BCUT2D eigenvalue weighted by Crippen LogP contribution is -2.27. The molecule has 0 saturated carbocycles. The molecule has 25 heavy (non-hydrogen) atoms. The average molecular weight is 386 g/mol. The number of amides is 2. The van der Waals surface area contributed by atoms with E-state index in [2.05, 4.69) is 10.6 Å². The SMILES string of the molecule is COCCCNC(=O)CCS(=O)(=O)c1ccc2c(c1)NC(=O)[C@@H](C)S2. The van der Waals surface area contributed by atoms with Gasteiger partial charge in [-0.05, 0) is 31.5 Å². The molecule has 9 heteroatoms. The molecule has 0 unspecified atom stereocenters. The summed E-state index contributed by atoms with van der Waals surface area (Å²) in [4.78, 5) is 24.4. The molecular formula is C16H22N2O5S2. The molecule has 1 atom stereocenters. The van der Waals surface area contributed by atoms with Crippen molar-refractivity contribution in [3.63, 3.8) is 0 Å². The van der Waals surface area contributed by atoms with Crippen molar-refractivity contribution >= 4 is 39.1 Å². The molecule has 0 aromatic heterocycles. The monoisotopic (exact) mass is 386 g/mol. The second-order valence-electron chi connectivity index (χ2n) is 5.67. The Balaban J connectivity index is 1.97. The zero-order valence-corrected chi connectivity index (χ0v) is 15.8. The summed E-state index contributed by atoms with van der Waals surface area (Å²) < 4.78 is 29.7. The number of ether oxygens (including phenoxy) is 1. The first-order valence-electron chi connectivity index (χ1n) is 7.93. The maximum atomic E-state index is 12.4. The van der Waals surface area contributed by atoms with Crippen LogP contribution >= 0.6 is 11.8 Å². The van der Waals surface area contributed by atoms with Crippen molar-refractivity contribution in [2.75, 3.05) is 31.3 Å². The van der Waals surface area contributed by atoms with Gasteiger partial charge in [0.05, 0.1) is 21.6 Å². The third kappa shape index (κ3) is 5.45. The zero-order valence-electron chi connectivity index (χ0n) is 14.2. The lowest BCUT2D eigenvalue weighted by molar-refractivity contribution is -0.120. The average Bonchev–Trinajstić information content (AvgIpc) is 2.57. The van der Waals surface area contributed by atoms with E-state index in [1.54, 1.807) is 20.1 Å². The van der Waals surface area contributed by atoms with Crippen LogP contribution in [-0.2, 0) is 24.2 Å². The third-order valence-electron chi connectivity index (χ3n) is 3.69.